The second-order valence-electron chi connectivity index (χ2n) is 10.9. The lowest BCUT2D eigenvalue weighted by atomic mass is 9.82. The van der Waals surface area contributed by atoms with E-state index in [-0.39, 0.29) is 29.9 Å². The van der Waals surface area contributed by atoms with Crippen LogP contribution in [-0.2, 0) is 21.7 Å². The van der Waals surface area contributed by atoms with E-state index >= 15 is 0 Å². The number of aliphatic hydroxyl groups excluding tert-OH is 1. The Morgan fingerprint density at radius 2 is 1.79 bits per heavy atom. The maximum Gasteiger partial charge on any atom is 0.264 e. The van der Waals surface area contributed by atoms with Gasteiger partial charge in [-0.15, -0.1) is 0 Å². The largest absolute Gasteiger partial charge is 0.432 e. The smallest absolute Gasteiger partial charge is 0.264 e. The maximum absolute atomic E-state index is 14.3. The predicted octanol–water partition coefficient (Wildman–Crippen LogP) is 5.32. The first-order valence-corrected chi connectivity index (χ1v) is 16.5. The van der Waals surface area contributed by atoms with Gasteiger partial charge in [-0.1, -0.05) is 48.9 Å². The van der Waals surface area contributed by atoms with Crippen molar-refractivity contribution in [2.24, 2.45) is 5.92 Å². The van der Waals surface area contributed by atoms with Crippen molar-refractivity contribution in [1.29, 1.82) is 0 Å². The summed E-state index contributed by atoms with van der Waals surface area (Å²) in [5.41, 5.74) is 1.99. The van der Waals surface area contributed by atoms with Crippen LogP contribution in [0.3, 0.4) is 0 Å². The van der Waals surface area contributed by atoms with Crippen LogP contribution in [0.1, 0.15) is 34.8 Å². The standard InChI is InChI=1S/C30H33ClN2O5Si/c1-19-27(39(2,3)37)26(15-16-34)38-30(19)24-17-22(31)11-14-25(24)33(29(30)36)18-20-9-12-23(13-10-20)32-28(35)21-7-5-4-6-8-21/h4-14,17,19,26-27,34,37H,15-16,18H2,1-3H3,(H,32,35)/t19-,26+,27-,30+/m0/s1. The monoisotopic (exact) mass is 564 g/mol. The minimum Gasteiger partial charge on any atom is -0.432 e. The van der Waals surface area contributed by atoms with Gasteiger partial charge >= 0.3 is 0 Å². The zero-order valence-corrected chi connectivity index (χ0v) is 24.0. The van der Waals surface area contributed by atoms with Gasteiger partial charge < -0.3 is 24.9 Å². The van der Waals surface area contributed by atoms with E-state index in [0.717, 1.165) is 11.3 Å². The average molecular weight is 565 g/mol. The molecule has 2 amide bonds. The van der Waals surface area contributed by atoms with Gasteiger partial charge in [-0.3, -0.25) is 9.59 Å². The number of carbonyl (C=O) groups excluding carboxylic acids is 2. The molecule has 39 heavy (non-hydrogen) atoms. The fourth-order valence-electron chi connectivity index (χ4n) is 6.27. The third-order valence-corrected chi connectivity index (χ3v) is 10.7. The van der Waals surface area contributed by atoms with Crippen LogP contribution in [0, 0.1) is 5.92 Å². The topological polar surface area (TPSA) is 99.1 Å². The second-order valence-corrected chi connectivity index (χ2v) is 15.4. The summed E-state index contributed by atoms with van der Waals surface area (Å²) in [5, 5.41) is 13.1. The van der Waals surface area contributed by atoms with Crippen molar-refractivity contribution < 1.29 is 24.2 Å². The highest BCUT2D eigenvalue weighted by molar-refractivity contribution is 6.71. The van der Waals surface area contributed by atoms with Gasteiger partial charge in [0.15, 0.2) is 13.9 Å². The van der Waals surface area contributed by atoms with E-state index in [9.17, 15) is 19.5 Å². The minimum atomic E-state index is -2.76. The number of carbonyl (C=O) groups is 2. The number of halogens is 1. The van der Waals surface area contributed by atoms with Crippen LogP contribution in [0.2, 0.25) is 23.7 Å². The molecule has 0 aromatic heterocycles. The van der Waals surface area contributed by atoms with Crippen molar-refractivity contribution in [3.8, 4) is 0 Å². The summed E-state index contributed by atoms with van der Waals surface area (Å²) in [7, 11) is -2.76. The molecular formula is C30H33ClN2O5Si. The van der Waals surface area contributed by atoms with Crippen molar-refractivity contribution in [2.75, 3.05) is 16.8 Å². The third kappa shape index (κ3) is 4.92. The molecule has 2 aliphatic rings. The van der Waals surface area contributed by atoms with Crippen molar-refractivity contribution in [1.82, 2.24) is 0 Å². The number of nitrogens with one attached hydrogen (secondary N) is 1. The highest BCUT2D eigenvalue weighted by Gasteiger charge is 2.66. The second kappa shape index (κ2) is 10.5. The number of anilines is 2. The summed E-state index contributed by atoms with van der Waals surface area (Å²) in [5.74, 6) is -0.705. The highest BCUT2D eigenvalue weighted by Crippen LogP contribution is 2.60. The molecule has 1 saturated heterocycles. The van der Waals surface area contributed by atoms with E-state index in [2.05, 4.69) is 5.32 Å². The van der Waals surface area contributed by atoms with Crippen LogP contribution >= 0.6 is 11.6 Å². The van der Waals surface area contributed by atoms with Crippen molar-refractivity contribution >= 4 is 43.1 Å². The third-order valence-electron chi connectivity index (χ3n) is 7.95. The van der Waals surface area contributed by atoms with E-state index in [1.807, 2.05) is 68.5 Å². The zero-order chi connectivity index (χ0) is 27.9. The van der Waals surface area contributed by atoms with E-state index in [0.29, 0.717) is 34.8 Å². The molecule has 0 bridgehead atoms. The molecule has 7 nitrogen and oxygen atoms in total. The van der Waals surface area contributed by atoms with Crippen LogP contribution in [0.4, 0.5) is 11.4 Å². The van der Waals surface area contributed by atoms with E-state index in [1.54, 1.807) is 29.2 Å². The molecule has 2 heterocycles. The Balaban J connectivity index is 1.43. The summed E-state index contributed by atoms with van der Waals surface area (Å²) >= 11 is 6.41. The van der Waals surface area contributed by atoms with E-state index in [1.165, 1.54) is 0 Å². The molecule has 5 rings (SSSR count). The molecule has 0 radical (unpaired) electrons. The molecule has 204 valence electrons. The fraction of sp³-hybridized carbons (Fsp3) is 0.333. The molecule has 0 saturated carbocycles. The number of hydrogen-bond donors (Lipinski definition) is 3. The van der Waals surface area contributed by atoms with Crippen molar-refractivity contribution in [2.45, 2.75) is 50.2 Å². The van der Waals surface area contributed by atoms with Gasteiger partial charge in [-0.25, -0.2) is 0 Å². The zero-order valence-electron chi connectivity index (χ0n) is 22.2. The van der Waals surface area contributed by atoms with Gasteiger partial charge in [0.05, 0.1) is 18.3 Å². The first-order valence-electron chi connectivity index (χ1n) is 13.1. The van der Waals surface area contributed by atoms with E-state index in [4.69, 9.17) is 16.3 Å². The number of hydrogen-bond acceptors (Lipinski definition) is 5. The number of amides is 2. The van der Waals surface area contributed by atoms with Gasteiger partial charge in [0, 0.05) is 39.9 Å². The summed E-state index contributed by atoms with van der Waals surface area (Å²) < 4.78 is 6.59. The summed E-state index contributed by atoms with van der Waals surface area (Å²) in [4.78, 5) is 39.7. The maximum atomic E-state index is 14.3. The number of nitrogens with zero attached hydrogens (tertiary/aromatic N) is 1. The molecule has 3 aromatic carbocycles. The first kappa shape index (κ1) is 27.5. The Hall–Kier alpha value is -3.01. The van der Waals surface area contributed by atoms with Gasteiger partial charge in [0.2, 0.25) is 0 Å². The molecule has 4 atom stereocenters. The lowest BCUT2D eigenvalue weighted by molar-refractivity contribution is -0.146. The summed E-state index contributed by atoms with van der Waals surface area (Å²) in [6.07, 6.45) is -0.104. The van der Waals surface area contributed by atoms with Gasteiger partial charge in [0.1, 0.15) is 0 Å². The molecule has 3 N–H and O–H groups in total. The molecule has 2 aliphatic heterocycles. The van der Waals surface area contributed by atoms with Gasteiger partial charge in [-0.05, 0) is 67.5 Å². The molecule has 0 unspecified atom stereocenters. The predicted molar refractivity (Wildman–Crippen MR) is 154 cm³/mol. The number of benzene rings is 3. The molecule has 1 fully saturated rings. The average Bonchev–Trinajstić information content (AvgIpc) is 3.32. The number of rotatable bonds is 7. The molecule has 3 aromatic rings. The summed E-state index contributed by atoms with van der Waals surface area (Å²) in [6, 6.07) is 21.8. The molecule has 1 spiro atoms. The van der Waals surface area contributed by atoms with Crippen LogP contribution in [-0.4, -0.2) is 42.7 Å². The Bertz CT molecular complexity index is 1380. The lowest BCUT2D eigenvalue weighted by Gasteiger charge is -2.32. The number of aliphatic hydroxyl groups is 1. The van der Waals surface area contributed by atoms with Crippen LogP contribution in [0.5, 0.6) is 0 Å². The Morgan fingerprint density at radius 1 is 1.10 bits per heavy atom. The fourth-order valence-corrected chi connectivity index (χ4v) is 9.05. The van der Waals surface area contributed by atoms with Crippen LogP contribution in [0.25, 0.3) is 0 Å². The Labute approximate surface area is 234 Å². The normalized spacial score (nSPS) is 24.3. The minimum absolute atomic E-state index is 0.0953. The van der Waals surface area contributed by atoms with Crippen LogP contribution < -0.4 is 10.2 Å². The van der Waals surface area contributed by atoms with Gasteiger partial charge in [0.25, 0.3) is 11.8 Å². The lowest BCUT2D eigenvalue weighted by Crippen LogP contribution is -2.46. The molecular weight excluding hydrogens is 532 g/mol. The van der Waals surface area contributed by atoms with Crippen molar-refractivity contribution in [3.63, 3.8) is 0 Å². The SMILES string of the molecule is C[C@H]1[C@H]([Si](C)(C)O)[C@@H](CCO)O[C@]12C(=O)N(Cc1ccc(NC(=O)c3ccccc3)cc1)c1ccc(Cl)cc12. The van der Waals surface area contributed by atoms with E-state index < -0.39 is 20.0 Å². The Kier molecular flexibility index (Phi) is 7.43. The number of fused-ring (bicyclic) bond motifs is 2. The Morgan fingerprint density at radius 3 is 2.44 bits per heavy atom. The van der Waals surface area contributed by atoms with Gasteiger partial charge in [-0.2, -0.15) is 0 Å². The summed E-state index contributed by atoms with van der Waals surface area (Å²) in [6.45, 7) is 5.88. The number of ether oxygens (including phenoxy) is 1. The first-order chi connectivity index (χ1) is 18.6. The van der Waals surface area contributed by atoms with Crippen molar-refractivity contribution in [3.05, 3.63) is 94.5 Å². The molecule has 9 heteroatoms. The molecule has 0 aliphatic carbocycles. The highest BCUT2D eigenvalue weighted by atomic mass is 35.5. The van der Waals surface area contributed by atoms with Crippen LogP contribution in [0.15, 0.2) is 72.8 Å². The quantitative estimate of drug-likeness (QED) is 0.337.